The van der Waals surface area contributed by atoms with Gasteiger partial charge in [0.15, 0.2) is 0 Å². The molecule has 0 saturated carbocycles. The third-order valence-electron chi connectivity index (χ3n) is 3.84. The maximum absolute atomic E-state index is 12.5. The molecule has 2 aromatic carbocycles. The highest BCUT2D eigenvalue weighted by molar-refractivity contribution is 5.89. The van der Waals surface area contributed by atoms with Crippen LogP contribution in [0.15, 0.2) is 60.7 Å². The Morgan fingerprint density at radius 3 is 2.04 bits per heavy atom. The normalized spacial score (nSPS) is 12.5. The van der Waals surface area contributed by atoms with Crippen molar-refractivity contribution in [1.29, 1.82) is 0 Å². The van der Waals surface area contributed by atoms with Gasteiger partial charge in [-0.2, -0.15) is 0 Å². The van der Waals surface area contributed by atoms with Crippen molar-refractivity contribution in [1.82, 2.24) is 10.6 Å². The molecule has 0 spiro atoms. The van der Waals surface area contributed by atoms with Gasteiger partial charge < -0.3 is 25.2 Å². The average Bonchev–Trinajstić information content (AvgIpc) is 2.71. The Labute approximate surface area is 162 Å². The van der Waals surface area contributed by atoms with Gasteiger partial charge in [-0.3, -0.25) is 4.79 Å². The highest BCUT2D eigenvalue weighted by Crippen LogP contribution is 2.06. The molecule has 28 heavy (non-hydrogen) atoms. The first kappa shape index (κ1) is 20.9. The van der Waals surface area contributed by atoms with Gasteiger partial charge in [0.1, 0.15) is 12.6 Å². The van der Waals surface area contributed by atoms with Crippen molar-refractivity contribution in [2.45, 2.75) is 25.3 Å². The Morgan fingerprint density at radius 2 is 1.50 bits per heavy atom. The second-order valence-corrected chi connectivity index (χ2v) is 5.91. The van der Waals surface area contributed by atoms with Crippen molar-refractivity contribution >= 4 is 18.0 Å². The zero-order chi connectivity index (χ0) is 20.4. The van der Waals surface area contributed by atoms with Crippen LogP contribution in [-0.2, 0) is 32.1 Å². The molecule has 0 fully saturated rings. The van der Waals surface area contributed by atoms with Crippen molar-refractivity contribution in [2.75, 3.05) is 7.11 Å². The van der Waals surface area contributed by atoms with Crippen molar-refractivity contribution in [3.05, 3.63) is 71.8 Å². The van der Waals surface area contributed by atoms with Crippen LogP contribution < -0.4 is 10.6 Å². The van der Waals surface area contributed by atoms with E-state index >= 15 is 0 Å². The van der Waals surface area contributed by atoms with E-state index in [1.54, 1.807) is 36.4 Å². The molecular formula is C20H22N2O6. The quantitative estimate of drug-likeness (QED) is 0.565. The van der Waals surface area contributed by atoms with E-state index in [2.05, 4.69) is 10.6 Å². The minimum Gasteiger partial charge on any atom is -0.478 e. The smallest absolute Gasteiger partial charge is 0.408 e. The monoisotopic (exact) mass is 386 g/mol. The first-order valence-electron chi connectivity index (χ1n) is 8.56. The van der Waals surface area contributed by atoms with Gasteiger partial charge in [0.2, 0.25) is 12.1 Å². The molecule has 2 atom stereocenters. The first-order chi connectivity index (χ1) is 13.5. The van der Waals surface area contributed by atoms with Crippen LogP contribution in [0.3, 0.4) is 0 Å². The number of hydrogen-bond donors (Lipinski definition) is 3. The number of nitrogens with one attached hydrogen (secondary N) is 2. The molecule has 0 radical (unpaired) electrons. The number of carbonyl (C=O) groups excluding carboxylic acids is 2. The Morgan fingerprint density at radius 1 is 0.929 bits per heavy atom. The van der Waals surface area contributed by atoms with Crippen molar-refractivity contribution in [3.63, 3.8) is 0 Å². The number of methoxy groups -OCH3 is 1. The van der Waals surface area contributed by atoms with Crippen LogP contribution in [0, 0.1) is 0 Å². The highest BCUT2D eigenvalue weighted by Gasteiger charge is 2.27. The van der Waals surface area contributed by atoms with Gasteiger partial charge >= 0.3 is 12.1 Å². The fraction of sp³-hybridized carbons (Fsp3) is 0.250. The molecule has 8 heteroatoms. The van der Waals surface area contributed by atoms with Crippen LogP contribution in [0.4, 0.5) is 4.79 Å². The lowest BCUT2D eigenvalue weighted by molar-refractivity contribution is -0.153. The van der Waals surface area contributed by atoms with Crippen molar-refractivity contribution in [3.8, 4) is 0 Å². The molecule has 3 N–H and O–H groups in total. The van der Waals surface area contributed by atoms with Gasteiger partial charge in [-0.05, 0) is 11.1 Å². The maximum Gasteiger partial charge on any atom is 0.408 e. The molecule has 0 aliphatic rings. The minimum absolute atomic E-state index is 0.0438. The third kappa shape index (κ3) is 6.73. The van der Waals surface area contributed by atoms with E-state index in [9.17, 15) is 14.4 Å². The molecule has 0 bridgehead atoms. The summed E-state index contributed by atoms with van der Waals surface area (Å²) >= 11 is 0. The van der Waals surface area contributed by atoms with Gasteiger partial charge in [0.05, 0.1) is 0 Å². The van der Waals surface area contributed by atoms with E-state index in [0.29, 0.717) is 0 Å². The molecule has 0 heterocycles. The van der Waals surface area contributed by atoms with Gasteiger partial charge in [0, 0.05) is 13.5 Å². The van der Waals surface area contributed by atoms with Crippen LogP contribution in [-0.4, -0.2) is 42.5 Å². The SMILES string of the molecule is COC(NC(=O)[C@H](Cc1ccccc1)NC(=O)OCc1ccccc1)C(=O)O. The predicted octanol–water partition coefficient (Wildman–Crippen LogP) is 1.70. The number of carboxylic acid groups (broad SMARTS) is 1. The van der Waals surface area contributed by atoms with E-state index in [0.717, 1.165) is 18.2 Å². The molecule has 0 saturated heterocycles. The summed E-state index contributed by atoms with van der Waals surface area (Å²) < 4.78 is 9.87. The summed E-state index contributed by atoms with van der Waals surface area (Å²) in [7, 11) is 1.16. The molecule has 148 valence electrons. The molecule has 0 aliphatic heterocycles. The summed E-state index contributed by atoms with van der Waals surface area (Å²) in [6.07, 6.45) is -2.15. The third-order valence-corrected chi connectivity index (χ3v) is 3.84. The Hall–Kier alpha value is -3.39. The molecule has 2 aromatic rings. The summed E-state index contributed by atoms with van der Waals surface area (Å²) in [6.45, 7) is 0.0438. The number of carboxylic acids is 1. The minimum atomic E-state index is -1.52. The van der Waals surface area contributed by atoms with E-state index in [4.69, 9.17) is 14.6 Å². The fourth-order valence-electron chi connectivity index (χ4n) is 2.42. The van der Waals surface area contributed by atoms with Crippen LogP contribution in [0.1, 0.15) is 11.1 Å². The molecule has 2 rings (SSSR count). The fourth-order valence-corrected chi connectivity index (χ4v) is 2.42. The molecule has 0 aromatic heterocycles. The largest absolute Gasteiger partial charge is 0.478 e. The van der Waals surface area contributed by atoms with Crippen molar-refractivity contribution < 1.29 is 29.0 Å². The summed E-state index contributed by atoms with van der Waals surface area (Å²) in [5.41, 5.74) is 1.59. The number of ether oxygens (including phenoxy) is 2. The number of aliphatic carboxylic acids is 1. The lowest BCUT2D eigenvalue weighted by Gasteiger charge is -2.20. The molecule has 2 amide bonds. The van der Waals surface area contributed by atoms with Crippen molar-refractivity contribution in [2.24, 2.45) is 0 Å². The topological polar surface area (TPSA) is 114 Å². The highest BCUT2D eigenvalue weighted by atomic mass is 16.5. The van der Waals surface area contributed by atoms with Crippen LogP contribution >= 0.6 is 0 Å². The summed E-state index contributed by atoms with van der Waals surface area (Å²) in [5, 5.41) is 13.8. The predicted molar refractivity (Wildman–Crippen MR) is 100 cm³/mol. The van der Waals surface area contributed by atoms with E-state index in [1.165, 1.54) is 0 Å². The lowest BCUT2D eigenvalue weighted by Crippen LogP contribution is -2.53. The summed E-state index contributed by atoms with van der Waals surface area (Å²) in [6, 6.07) is 17.1. The van der Waals surface area contributed by atoms with Crippen LogP contribution in [0.2, 0.25) is 0 Å². The molecular weight excluding hydrogens is 364 g/mol. The zero-order valence-corrected chi connectivity index (χ0v) is 15.3. The zero-order valence-electron chi connectivity index (χ0n) is 15.3. The number of carbonyl (C=O) groups is 3. The second-order valence-electron chi connectivity index (χ2n) is 5.91. The number of rotatable bonds is 9. The summed E-state index contributed by atoms with van der Waals surface area (Å²) in [5.74, 6) is -2.05. The van der Waals surface area contributed by atoms with E-state index in [1.807, 2.05) is 24.3 Å². The van der Waals surface area contributed by atoms with Crippen LogP contribution in [0.5, 0.6) is 0 Å². The molecule has 0 aliphatic carbocycles. The van der Waals surface area contributed by atoms with Gasteiger partial charge in [-0.15, -0.1) is 0 Å². The number of alkyl carbamates (subject to hydrolysis) is 1. The van der Waals surface area contributed by atoms with Crippen LogP contribution in [0.25, 0.3) is 0 Å². The molecule has 8 nitrogen and oxygen atoms in total. The van der Waals surface area contributed by atoms with E-state index < -0.39 is 30.2 Å². The first-order valence-corrected chi connectivity index (χ1v) is 8.56. The molecule has 1 unspecified atom stereocenters. The Balaban J connectivity index is 2.03. The maximum atomic E-state index is 12.5. The average molecular weight is 386 g/mol. The standard InChI is InChI=1S/C20H22N2O6/c1-27-18(19(24)25)22-17(23)16(12-14-8-4-2-5-9-14)21-20(26)28-13-15-10-6-3-7-11-15/h2-11,16,18H,12-13H2,1H3,(H,21,26)(H,22,23)(H,24,25)/t16-,18?/m0/s1. The Bertz CT molecular complexity index is 782. The van der Waals surface area contributed by atoms with E-state index in [-0.39, 0.29) is 13.0 Å². The van der Waals surface area contributed by atoms with Gasteiger partial charge in [0.25, 0.3) is 0 Å². The lowest BCUT2D eigenvalue weighted by atomic mass is 10.1. The van der Waals surface area contributed by atoms with Gasteiger partial charge in [-0.25, -0.2) is 9.59 Å². The van der Waals surface area contributed by atoms with Gasteiger partial charge in [-0.1, -0.05) is 60.7 Å². The summed E-state index contributed by atoms with van der Waals surface area (Å²) in [4.78, 5) is 35.7. The number of hydrogen-bond acceptors (Lipinski definition) is 5. The Kier molecular flexibility index (Phi) is 7.98. The number of amides is 2. The number of benzene rings is 2. The second kappa shape index (κ2) is 10.7.